The van der Waals surface area contributed by atoms with Crippen LogP contribution >= 0.6 is 0 Å². The van der Waals surface area contributed by atoms with Gasteiger partial charge in [-0.05, 0) is 25.3 Å². The summed E-state index contributed by atoms with van der Waals surface area (Å²) in [6, 6.07) is 14.5. The van der Waals surface area contributed by atoms with Crippen molar-refractivity contribution in [2.45, 2.75) is 38.2 Å². The van der Waals surface area contributed by atoms with Crippen molar-refractivity contribution in [3.63, 3.8) is 0 Å². The van der Waals surface area contributed by atoms with E-state index in [1.54, 1.807) is 0 Å². The van der Waals surface area contributed by atoms with Crippen LogP contribution in [0.2, 0.25) is 0 Å². The van der Waals surface area contributed by atoms with Gasteiger partial charge in [-0.25, -0.2) is 4.98 Å². The summed E-state index contributed by atoms with van der Waals surface area (Å²) in [7, 11) is 0. The topological polar surface area (TPSA) is 79.0 Å². The first-order chi connectivity index (χ1) is 14.2. The molecular weight excluding hydrogens is 364 g/mol. The Kier molecular flexibility index (Phi) is 4.89. The van der Waals surface area contributed by atoms with E-state index in [0.717, 1.165) is 42.8 Å². The number of nitrogens with one attached hydrogen (secondary N) is 2. The van der Waals surface area contributed by atoms with E-state index in [1.165, 1.54) is 24.1 Å². The standard InChI is InChI=1S/C22H26N6O/c1-15-14-28(9-10-29-15)22-23-18(11-16-5-3-2-4-6-16)12-20(25-22)24-21-13-19(26-27-21)17-7-8-17/h2-6,12-13,15,17H,7-11,14H2,1H3,(H2,23,24,25,26,27). The van der Waals surface area contributed by atoms with Crippen LogP contribution in [0.25, 0.3) is 0 Å². The lowest BCUT2D eigenvalue weighted by Gasteiger charge is -2.31. The minimum Gasteiger partial charge on any atom is -0.375 e. The maximum Gasteiger partial charge on any atom is 0.227 e. The summed E-state index contributed by atoms with van der Waals surface area (Å²) in [5.41, 5.74) is 3.42. The molecule has 1 aliphatic carbocycles. The van der Waals surface area contributed by atoms with Crippen molar-refractivity contribution in [2.75, 3.05) is 29.9 Å². The fraction of sp³-hybridized carbons (Fsp3) is 0.409. The van der Waals surface area contributed by atoms with Gasteiger partial charge in [-0.2, -0.15) is 10.1 Å². The van der Waals surface area contributed by atoms with Gasteiger partial charge < -0.3 is 15.0 Å². The van der Waals surface area contributed by atoms with E-state index in [-0.39, 0.29) is 6.10 Å². The first-order valence-corrected chi connectivity index (χ1v) is 10.3. The molecule has 1 atom stereocenters. The van der Waals surface area contributed by atoms with Gasteiger partial charge >= 0.3 is 0 Å². The zero-order valence-electron chi connectivity index (χ0n) is 16.6. The van der Waals surface area contributed by atoms with Crippen LogP contribution < -0.4 is 10.2 Å². The molecule has 0 bridgehead atoms. The summed E-state index contributed by atoms with van der Waals surface area (Å²) in [5.74, 6) is 2.96. The molecule has 1 saturated heterocycles. The van der Waals surface area contributed by atoms with E-state index in [4.69, 9.17) is 14.7 Å². The van der Waals surface area contributed by atoms with Gasteiger partial charge in [0.2, 0.25) is 5.95 Å². The second-order valence-corrected chi connectivity index (χ2v) is 7.94. The second kappa shape index (κ2) is 7.83. The van der Waals surface area contributed by atoms with E-state index >= 15 is 0 Å². The molecule has 150 valence electrons. The molecule has 7 heteroatoms. The molecule has 0 amide bonds. The third-order valence-electron chi connectivity index (χ3n) is 5.39. The van der Waals surface area contributed by atoms with Crippen LogP contribution in [-0.4, -0.2) is 46.0 Å². The molecule has 2 N–H and O–H groups in total. The number of hydrogen-bond donors (Lipinski definition) is 2. The molecule has 3 aromatic rings. The highest BCUT2D eigenvalue weighted by atomic mass is 16.5. The minimum absolute atomic E-state index is 0.175. The minimum atomic E-state index is 0.175. The van der Waals surface area contributed by atoms with Crippen molar-refractivity contribution < 1.29 is 4.74 Å². The van der Waals surface area contributed by atoms with Crippen molar-refractivity contribution in [1.82, 2.24) is 20.2 Å². The van der Waals surface area contributed by atoms with Crippen molar-refractivity contribution in [3.8, 4) is 0 Å². The highest BCUT2D eigenvalue weighted by Crippen LogP contribution is 2.39. The Morgan fingerprint density at radius 3 is 2.79 bits per heavy atom. The number of rotatable bonds is 6. The van der Waals surface area contributed by atoms with Gasteiger partial charge in [0.25, 0.3) is 0 Å². The third kappa shape index (κ3) is 4.40. The van der Waals surface area contributed by atoms with Crippen LogP contribution in [0, 0.1) is 0 Å². The number of aromatic amines is 1. The van der Waals surface area contributed by atoms with E-state index in [1.807, 2.05) is 12.1 Å². The first-order valence-electron chi connectivity index (χ1n) is 10.3. The van der Waals surface area contributed by atoms with Gasteiger partial charge in [-0.1, -0.05) is 30.3 Å². The van der Waals surface area contributed by atoms with Crippen molar-refractivity contribution in [2.24, 2.45) is 0 Å². The van der Waals surface area contributed by atoms with Gasteiger partial charge in [-0.3, -0.25) is 5.10 Å². The lowest BCUT2D eigenvalue weighted by molar-refractivity contribution is 0.0526. The number of hydrogen-bond acceptors (Lipinski definition) is 6. The summed E-state index contributed by atoms with van der Waals surface area (Å²) in [6.45, 7) is 4.37. The molecule has 1 aliphatic heterocycles. The Morgan fingerprint density at radius 2 is 2.00 bits per heavy atom. The van der Waals surface area contributed by atoms with Gasteiger partial charge in [0, 0.05) is 43.3 Å². The summed E-state index contributed by atoms with van der Waals surface area (Å²) in [6.07, 6.45) is 3.43. The maximum atomic E-state index is 5.69. The van der Waals surface area contributed by atoms with Crippen LogP contribution in [-0.2, 0) is 11.2 Å². The molecule has 3 heterocycles. The number of anilines is 3. The van der Waals surface area contributed by atoms with Crippen molar-refractivity contribution in [3.05, 3.63) is 59.4 Å². The molecule has 0 spiro atoms. The Balaban J connectivity index is 1.43. The predicted molar refractivity (Wildman–Crippen MR) is 113 cm³/mol. The van der Waals surface area contributed by atoms with Gasteiger partial charge in [-0.15, -0.1) is 0 Å². The SMILES string of the molecule is CC1CN(c2nc(Cc3ccccc3)cc(Nc3cc(C4CC4)[nH]n3)n2)CCO1. The lowest BCUT2D eigenvalue weighted by atomic mass is 10.1. The lowest BCUT2D eigenvalue weighted by Crippen LogP contribution is -2.42. The van der Waals surface area contributed by atoms with Crippen LogP contribution in [0.5, 0.6) is 0 Å². The molecule has 5 rings (SSSR count). The number of ether oxygens (including phenoxy) is 1. The summed E-state index contributed by atoms with van der Waals surface area (Å²) >= 11 is 0. The molecular formula is C22H26N6O. The number of benzene rings is 1. The second-order valence-electron chi connectivity index (χ2n) is 7.94. The van der Waals surface area contributed by atoms with E-state index in [2.05, 4.69) is 57.7 Å². The van der Waals surface area contributed by atoms with Gasteiger partial charge in [0.15, 0.2) is 5.82 Å². The maximum absolute atomic E-state index is 5.69. The van der Waals surface area contributed by atoms with E-state index in [9.17, 15) is 0 Å². The normalized spacial score (nSPS) is 19.3. The molecule has 1 unspecified atom stereocenters. The first kappa shape index (κ1) is 18.1. The molecule has 0 radical (unpaired) electrons. The van der Waals surface area contributed by atoms with Crippen LogP contribution in [0.4, 0.5) is 17.6 Å². The largest absolute Gasteiger partial charge is 0.375 e. The average molecular weight is 390 g/mol. The van der Waals surface area contributed by atoms with Gasteiger partial charge in [0.05, 0.1) is 18.4 Å². The molecule has 7 nitrogen and oxygen atoms in total. The molecule has 2 aliphatic rings. The Bertz CT molecular complexity index is 968. The summed E-state index contributed by atoms with van der Waals surface area (Å²) in [5, 5.41) is 10.9. The molecule has 2 aromatic heterocycles. The van der Waals surface area contributed by atoms with Crippen molar-refractivity contribution in [1.29, 1.82) is 0 Å². The summed E-state index contributed by atoms with van der Waals surface area (Å²) < 4.78 is 5.69. The molecule has 29 heavy (non-hydrogen) atoms. The number of nitrogens with zero attached hydrogens (tertiary/aromatic N) is 4. The smallest absolute Gasteiger partial charge is 0.227 e. The number of morpholine rings is 1. The Labute approximate surface area is 170 Å². The van der Waals surface area contributed by atoms with Crippen LogP contribution in [0.15, 0.2) is 42.5 Å². The molecule has 1 aromatic carbocycles. The van der Waals surface area contributed by atoms with Crippen LogP contribution in [0.1, 0.15) is 42.6 Å². The monoisotopic (exact) mass is 390 g/mol. The third-order valence-corrected chi connectivity index (χ3v) is 5.39. The zero-order chi connectivity index (χ0) is 19.6. The fourth-order valence-electron chi connectivity index (χ4n) is 3.72. The predicted octanol–water partition coefficient (Wildman–Crippen LogP) is 3.64. The quantitative estimate of drug-likeness (QED) is 0.669. The van der Waals surface area contributed by atoms with Gasteiger partial charge in [0.1, 0.15) is 5.82 Å². The molecule has 2 fully saturated rings. The molecule has 1 saturated carbocycles. The Morgan fingerprint density at radius 1 is 1.14 bits per heavy atom. The van der Waals surface area contributed by atoms with E-state index in [0.29, 0.717) is 12.5 Å². The summed E-state index contributed by atoms with van der Waals surface area (Å²) in [4.78, 5) is 11.9. The number of aromatic nitrogens is 4. The average Bonchev–Trinajstić information content (AvgIpc) is 3.48. The zero-order valence-corrected chi connectivity index (χ0v) is 16.6. The Hall–Kier alpha value is -2.93. The highest BCUT2D eigenvalue weighted by Gasteiger charge is 2.26. The van der Waals surface area contributed by atoms with E-state index < -0.39 is 0 Å². The highest BCUT2D eigenvalue weighted by molar-refractivity contribution is 5.55. The number of H-pyrrole nitrogens is 1. The van der Waals surface area contributed by atoms with Crippen molar-refractivity contribution >= 4 is 17.6 Å². The van der Waals surface area contributed by atoms with Crippen LogP contribution in [0.3, 0.4) is 0 Å². The fourth-order valence-corrected chi connectivity index (χ4v) is 3.72.